The number of hydrogen-bond donors (Lipinski definition) is 0. The third-order valence-electron chi connectivity index (χ3n) is 0.764. The first-order valence-corrected chi connectivity index (χ1v) is 2.66. The SMILES string of the molecule is CC/C=C(\F)C(=O)OC. The van der Waals surface area contributed by atoms with Crippen LogP contribution in [0.25, 0.3) is 0 Å². The number of carbonyl (C=O) groups excluding carboxylic acids is 1. The number of halogens is 1. The maximum absolute atomic E-state index is 12.2. The second kappa shape index (κ2) is 4.06. The summed E-state index contributed by atoms with van der Waals surface area (Å²) in [7, 11) is 1.14. The Morgan fingerprint density at radius 3 is 2.67 bits per heavy atom. The molecule has 9 heavy (non-hydrogen) atoms. The van der Waals surface area contributed by atoms with Crippen LogP contribution in [-0.4, -0.2) is 13.1 Å². The third-order valence-corrected chi connectivity index (χ3v) is 0.764. The van der Waals surface area contributed by atoms with E-state index >= 15 is 0 Å². The van der Waals surface area contributed by atoms with E-state index in [1.165, 1.54) is 6.08 Å². The fraction of sp³-hybridized carbons (Fsp3) is 0.500. The molecule has 0 saturated heterocycles. The van der Waals surface area contributed by atoms with Gasteiger partial charge in [-0.05, 0) is 12.5 Å². The molecule has 0 unspecified atom stereocenters. The van der Waals surface area contributed by atoms with Crippen LogP contribution in [0.1, 0.15) is 13.3 Å². The van der Waals surface area contributed by atoms with Crippen molar-refractivity contribution in [3.8, 4) is 0 Å². The Morgan fingerprint density at radius 2 is 2.33 bits per heavy atom. The van der Waals surface area contributed by atoms with Gasteiger partial charge < -0.3 is 4.74 Å². The average molecular weight is 132 g/mol. The van der Waals surface area contributed by atoms with E-state index in [2.05, 4.69) is 4.74 Å². The summed E-state index contributed by atoms with van der Waals surface area (Å²) in [5.41, 5.74) is 0. The van der Waals surface area contributed by atoms with Crippen LogP contribution in [-0.2, 0) is 9.53 Å². The molecule has 0 N–H and O–H groups in total. The van der Waals surface area contributed by atoms with Gasteiger partial charge in [0.05, 0.1) is 7.11 Å². The molecular weight excluding hydrogens is 123 g/mol. The van der Waals surface area contributed by atoms with E-state index in [1.54, 1.807) is 6.92 Å². The highest BCUT2D eigenvalue weighted by Gasteiger charge is 2.04. The summed E-state index contributed by atoms with van der Waals surface area (Å²) in [6.07, 6.45) is 1.67. The molecule has 0 radical (unpaired) electrons. The minimum absolute atomic E-state index is 0.501. The zero-order valence-electron chi connectivity index (χ0n) is 5.48. The number of methoxy groups -OCH3 is 1. The lowest BCUT2D eigenvalue weighted by Crippen LogP contribution is -1.99. The fourth-order valence-corrected chi connectivity index (χ4v) is 0.360. The van der Waals surface area contributed by atoms with Crippen LogP contribution in [0.4, 0.5) is 4.39 Å². The minimum atomic E-state index is -0.906. The molecule has 0 saturated carbocycles. The zero-order valence-corrected chi connectivity index (χ0v) is 5.48. The number of hydrogen-bond acceptors (Lipinski definition) is 2. The molecule has 2 nitrogen and oxygen atoms in total. The maximum atomic E-state index is 12.2. The van der Waals surface area contributed by atoms with Gasteiger partial charge in [-0.2, -0.15) is 4.39 Å². The van der Waals surface area contributed by atoms with Crippen molar-refractivity contribution in [2.24, 2.45) is 0 Å². The van der Waals surface area contributed by atoms with Crippen molar-refractivity contribution in [3.63, 3.8) is 0 Å². The molecule has 0 heterocycles. The molecule has 0 rings (SSSR count). The normalized spacial score (nSPS) is 11.2. The molecule has 0 fully saturated rings. The molecule has 0 aromatic rings. The average Bonchev–Trinajstić information content (AvgIpc) is 1.87. The summed E-state index contributed by atoms with van der Waals surface area (Å²) in [4.78, 5) is 10.2. The highest BCUT2D eigenvalue weighted by molar-refractivity contribution is 5.85. The van der Waals surface area contributed by atoms with E-state index in [-0.39, 0.29) is 0 Å². The molecule has 0 aliphatic rings. The lowest BCUT2D eigenvalue weighted by molar-refractivity contribution is -0.137. The van der Waals surface area contributed by atoms with Crippen LogP contribution >= 0.6 is 0 Å². The molecule has 0 aliphatic carbocycles. The van der Waals surface area contributed by atoms with Gasteiger partial charge in [0.2, 0.25) is 5.83 Å². The Morgan fingerprint density at radius 1 is 1.78 bits per heavy atom. The highest BCUT2D eigenvalue weighted by atomic mass is 19.1. The fourth-order valence-electron chi connectivity index (χ4n) is 0.360. The van der Waals surface area contributed by atoms with Crippen LogP contribution in [0, 0.1) is 0 Å². The van der Waals surface area contributed by atoms with E-state index in [1.807, 2.05) is 0 Å². The molecule has 0 aromatic carbocycles. The second-order valence-electron chi connectivity index (χ2n) is 1.45. The van der Waals surface area contributed by atoms with Crippen LogP contribution in [0.5, 0.6) is 0 Å². The predicted molar refractivity (Wildman–Crippen MR) is 31.5 cm³/mol. The minimum Gasteiger partial charge on any atom is -0.464 e. The predicted octanol–water partition coefficient (Wildman–Crippen LogP) is 1.42. The van der Waals surface area contributed by atoms with E-state index < -0.39 is 11.8 Å². The molecule has 0 bridgehead atoms. The quantitative estimate of drug-likeness (QED) is 0.419. The van der Waals surface area contributed by atoms with Crippen molar-refractivity contribution in [2.45, 2.75) is 13.3 Å². The largest absolute Gasteiger partial charge is 0.464 e. The van der Waals surface area contributed by atoms with Crippen molar-refractivity contribution < 1.29 is 13.9 Å². The maximum Gasteiger partial charge on any atom is 0.366 e. The number of allylic oxidation sites excluding steroid dienone is 1. The monoisotopic (exact) mass is 132 g/mol. The van der Waals surface area contributed by atoms with Crippen molar-refractivity contribution in [1.82, 2.24) is 0 Å². The Balaban J connectivity index is 3.86. The first-order chi connectivity index (χ1) is 4.22. The Bertz CT molecular complexity index is 129. The first kappa shape index (κ1) is 8.14. The van der Waals surface area contributed by atoms with Gasteiger partial charge in [0.15, 0.2) is 0 Å². The van der Waals surface area contributed by atoms with E-state index in [4.69, 9.17) is 0 Å². The summed E-state index contributed by atoms with van der Waals surface area (Å²) >= 11 is 0. The Labute approximate surface area is 53.3 Å². The molecule has 0 spiro atoms. The molecule has 3 heteroatoms. The second-order valence-corrected chi connectivity index (χ2v) is 1.45. The van der Waals surface area contributed by atoms with Gasteiger partial charge >= 0.3 is 5.97 Å². The molecule has 0 amide bonds. The molecule has 0 atom stereocenters. The van der Waals surface area contributed by atoms with Gasteiger partial charge in [-0.15, -0.1) is 0 Å². The zero-order chi connectivity index (χ0) is 7.28. The molecule has 0 aromatic heterocycles. The van der Waals surface area contributed by atoms with Crippen molar-refractivity contribution >= 4 is 5.97 Å². The summed E-state index contributed by atoms with van der Waals surface area (Å²) in [6.45, 7) is 1.74. The molecule has 52 valence electrons. The smallest absolute Gasteiger partial charge is 0.366 e. The van der Waals surface area contributed by atoms with E-state index in [9.17, 15) is 9.18 Å². The number of rotatable bonds is 2. The van der Waals surface area contributed by atoms with Gasteiger partial charge in [-0.25, -0.2) is 4.79 Å². The topological polar surface area (TPSA) is 26.3 Å². The van der Waals surface area contributed by atoms with Crippen molar-refractivity contribution in [1.29, 1.82) is 0 Å². The summed E-state index contributed by atoms with van der Waals surface area (Å²) in [5, 5.41) is 0. The third kappa shape index (κ3) is 2.85. The number of esters is 1. The number of ether oxygens (including phenoxy) is 1. The van der Waals surface area contributed by atoms with Crippen molar-refractivity contribution in [2.75, 3.05) is 7.11 Å². The lowest BCUT2D eigenvalue weighted by Gasteiger charge is -1.91. The van der Waals surface area contributed by atoms with Crippen molar-refractivity contribution in [3.05, 3.63) is 11.9 Å². The van der Waals surface area contributed by atoms with Gasteiger partial charge in [-0.3, -0.25) is 0 Å². The van der Waals surface area contributed by atoms with E-state index in [0.717, 1.165) is 7.11 Å². The molecular formula is C6H9FO2. The standard InChI is InChI=1S/C6H9FO2/c1-3-4-5(7)6(8)9-2/h4H,3H2,1-2H3/b5-4-. The van der Waals surface area contributed by atoms with Gasteiger partial charge in [0, 0.05) is 0 Å². The summed E-state index contributed by atoms with van der Waals surface area (Å²) in [5.74, 6) is -1.73. The molecule has 0 aliphatic heterocycles. The van der Waals surface area contributed by atoms with Gasteiger partial charge in [0.25, 0.3) is 0 Å². The summed E-state index contributed by atoms with van der Waals surface area (Å²) in [6, 6.07) is 0. The number of carbonyl (C=O) groups is 1. The van der Waals surface area contributed by atoms with Crippen LogP contribution in [0.2, 0.25) is 0 Å². The first-order valence-electron chi connectivity index (χ1n) is 2.66. The van der Waals surface area contributed by atoms with Gasteiger partial charge in [0.1, 0.15) is 0 Å². The van der Waals surface area contributed by atoms with Crippen LogP contribution in [0.3, 0.4) is 0 Å². The van der Waals surface area contributed by atoms with Crippen LogP contribution < -0.4 is 0 Å². The van der Waals surface area contributed by atoms with Gasteiger partial charge in [-0.1, -0.05) is 6.92 Å². The summed E-state index contributed by atoms with van der Waals surface area (Å²) < 4.78 is 16.3. The van der Waals surface area contributed by atoms with E-state index in [0.29, 0.717) is 6.42 Å². The Kier molecular flexibility index (Phi) is 3.67. The van der Waals surface area contributed by atoms with Crippen LogP contribution in [0.15, 0.2) is 11.9 Å². The lowest BCUT2D eigenvalue weighted by atomic mass is 10.4. The highest BCUT2D eigenvalue weighted by Crippen LogP contribution is 1.99. The Hall–Kier alpha value is -0.860.